The van der Waals surface area contributed by atoms with Crippen LogP contribution >= 0.6 is 0 Å². The molecular weight excluding hydrogens is 269 g/mol. The minimum atomic E-state index is -4.42. The van der Waals surface area contributed by atoms with Crippen molar-refractivity contribution in [1.82, 2.24) is 4.57 Å². The van der Waals surface area contributed by atoms with Crippen molar-refractivity contribution in [2.24, 2.45) is 0 Å². The summed E-state index contributed by atoms with van der Waals surface area (Å²) < 4.78 is 39.2. The number of hydrogen-bond acceptors (Lipinski definition) is 2. The standard InChI is InChI=1S/C14H11F3N2O/c15-14(16,17)11-3-4-12-10(9-11)5-8-19(13(12)20)7-2-1-6-18/h3-5,8-9H,1-2,7H2. The summed E-state index contributed by atoms with van der Waals surface area (Å²) in [4.78, 5) is 12.1. The molecule has 6 heteroatoms. The Hall–Kier alpha value is -2.29. The van der Waals surface area contributed by atoms with Crippen molar-refractivity contribution < 1.29 is 13.2 Å². The fourth-order valence-electron chi connectivity index (χ4n) is 1.97. The van der Waals surface area contributed by atoms with Crippen LogP contribution in [0.5, 0.6) is 0 Å². The smallest absolute Gasteiger partial charge is 0.315 e. The highest BCUT2D eigenvalue weighted by Gasteiger charge is 2.30. The number of nitrogens with zero attached hydrogens (tertiary/aromatic N) is 2. The van der Waals surface area contributed by atoms with Crippen LogP contribution in [0.15, 0.2) is 35.3 Å². The minimum Gasteiger partial charge on any atom is -0.315 e. The first-order valence-electron chi connectivity index (χ1n) is 6.01. The third-order valence-corrected chi connectivity index (χ3v) is 2.99. The zero-order valence-electron chi connectivity index (χ0n) is 10.4. The van der Waals surface area contributed by atoms with Crippen molar-refractivity contribution in [2.75, 3.05) is 0 Å². The Kier molecular flexibility index (Phi) is 3.79. The lowest BCUT2D eigenvalue weighted by Crippen LogP contribution is -2.19. The third-order valence-electron chi connectivity index (χ3n) is 2.99. The number of nitriles is 1. The molecule has 2 rings (SSSR count). The van der Waals surface area contributed by atoms with Crippen LogP contribution in [0.4, 0.5) is 13.2 Å². The van der Waals surface area contributed by atoms with Gasteiger partial charge in [0.25, 0.3) is 5.56 Å². The number of rotatable bonds is 3. The van der Waals surface area contributed by atoms with E-state index in [1.807, 2.05) is 6.07 Å². The number of fused-ring (bicyclic) bond motifs is 1. The molecule has 3 nitrogen and oxygen atoms in total. The van der Waals surface area contributed by atoms with E-state index in [-0.39, 0.29) is 16.3 Å². The molecule has 0 fully saturated rings. The van der Waals surface area contributed by atoms with Gasteiger partial charge in [-0.15, -0.1) is 0 Å². The second kappa shape index (κ2) is 5.37. The molecule has 104 valence electrons. The number of hydrogen-bond donors (Lipinski definition) is 0. The molecule has 0 aliphatic heterocycles. The number of benzene rings is 1. The van der Waals surface area contributed by atoms with E-state index in [9.17, 15) is 18.0 Å². The van der Waals surface area contributed by atoms with Crippen LogP contribution in [-0.4, -0.2) is 4.57 Å². The van der Waals surface area contributed by atoms with Gasteiger partial charge < -0.3 is 4.57 Å². The maximum Gasteiger partial charge on any atom is 0.416 e. The predicted molar refractivity (Wildman–Crippen MR) is 68.1 cm³/mol. The average Bonchev–Trinajstić information content (AvgIpc) is 2.40. The molecule has 2 aromatic rings. The second-order valence-corrected chi connectivity index (χ2v) is 4.38. The Balaban J connectivity index is 2.43. The number of pyridine rings is 1. The van der Waals surface area contributed by atoms with Crippen LogP contribution in [0.1, 0.15) is 18.4 Å². The largest absolute Gasteiger partial charge is 0.416 e. The molecule has 0 aliphatic carbocycles. The lowest BCUT2D eigenvalue weighted by Gasteiger charge is -2.09. The van der Waals surface area contributed by atoms with Crippen LogP contribution < -0.4 is 5.56 Å². The van der Waals surface area contributed by atoms with Gasteiger partial charge in [0.15, 0.2) is 0 Å². The van der Waals surface area contributed by atoms with Crippen molar-refractivity contribution in [3.8, 4) is 6.07 Å². The van der Waals surface area contributed by atoms with E-state index in [2.05, 4.69) is 0 Å². The molecular formula is C14H11F3N2O. The molecule has 0 amide bonds. The summed E-state index contributed by atoms with van der Waals surface area (Å²) in [5.74, 6) is 0. The summed E-state index contributed by atoms with van der Waals surface area (Å²) in [5.41, 5.74) is -1.11. The van der Waals surface area contributed by atoms with E-state index in [1.54, 1.807) is 0 Å². The topological polar surface area (TPSA) is 45.8 Å². The number of unbranched alkanes of at least 4 members (excludes halogenated alkanes) is 1. The van der Waals surface area contributed by atoms with Gasteiger partial charge in [-0.3, -0.25) is 4.79 Å². The Bertz CT molecular complexity index is 726. The monoisotopic (exact) mass is 280 g/mol. The molecule has 0 N–H and O–H groups in total. The summed E-state index contributed by atoms with van der Waals surface area (Å²) in [6, 6.07) is 6.53. The van der Waals surface area contributed by atoms with Crippen LogP contribution in [0.3, 0.4) is 0 Å². The summed E-state index contributed by atoms with van der Waals surface area (Å²) >= 11 is 0. The van der Waals surface area contributed by atoms with E-state index in [0.29, 0.717) is 19.4 Å². The van der Waals surface area contributed by atoms with Gasteiger partial charge in [-0.1, -0.05) is 0 Å². The zero-order chi connectivity index (χ0) is 14.8. The van der Waals surface area contributed by atoms with Gasteiger partial charge in [-0.25, -0.2) is 0 Å². The zero-order valence-corrected chi connectivity index (χ0v) is 10.4. The Morgan fingerprint density at radius 1 is 1.25 bits per heavy atom. The van der Waals surface area contributed by atoms with Gasteiger partial charge in [-0.05, 0) is 36.1 Å². The molecule has 1 aromatic carbocycles. The molecule has 0 saturated carbocycles. The van der Waals surface area contributed by atoms with Crippen molar-refractivity contribution in [3.05, 3.63) is 46.4 Å². The third kappa shape index (κ3) is 2.82. The van der Waals surface area contributed by atoms with Crippen LogP contribution in [0.2, 0.25) is 0 Å². The van der Waals surface area contributed by atoms with Crippen molar-refractivity contribution in [2.45, 2.75) is 25.6 Å². The SMILES string of the molecule is N#CCCCn1ccc2cc(C(F)(F)F)ccc2c1=O. The molecule has 0 atom stereocenters. The second-order valence-electron chi connectivity index (χ2n) is 4.38. The first kappa shape index (κ1) is 14.1. The summed E-state index contributed by atoms with van der Waals surface area (Å²) in [6.07, 6.45) is -2.10. The van der Waals surface area contributed by atoms with Gasteiger partial charge in [0.2, 0.25) is 0 Å². The molecule has 0 spiro atoms. The normalized spacial score (nSPS) is 11.5. The maximum atomic E-state index is 12.6. The van der Waals surface area contributed by atoms with Gasteiger partial charge >= 0.3 is 6.18 Å². The maximum absolute atomic E-state index is 12.6. The van der Waals surface area contributed by atoms with Crippen LogP contribution in [0, 0.1) is 11.3 Å². The highest BCUT2D eigenvalue weighted by molar-refractivity contribution is 5.82. The molecule has 1 heterocycles. The van der Waals surface area contributed by atoms with E-state index < -0.39 is 11.7 Å². The summed E-state index contributed by atoms with van der Waals surface area (Å²) in [6.45, 7) is 0.378. The number of aryl methyl sites for hydroxylation is 1. The van der Waals surface area contributed by atoms with Crippen molar-refractivity contribution in [3.63, 3.8) is 0 Å². The molecule has 0 unspecified atom stereocenters. The highest BCUT2D eigenvalue weighted by atomic mass is 19.4. The first-order chi connectivity index (χ1) is 9.43. The Morgan fingerprint density at radius 3 is 2.65 bits per heavy atom. The quantitative estimate of drug-likeness (QED) is 0.809. The van der Waals surface area contributed by atoms with Gasteiger partial charge in [-0.2, -0.15) is 18.4 Å². The minimum absolute atomic E-state index is 0.248. The molecule has 0 bridgehead atoms. The molecule has 0 aliphatic rings. The van der Waals surface area contributed by atoms with Gasteiger partial charge in [0, 0.05) is 24.5 Å². The van der Waals surface area contributed by atoms with Crippen LogP contribution in [-0.2, 0) is 12.7 Å². The first-order valence-corrected chi connectivity index (χ1v) is 6.01. The lowest BCUT2D eigenvalue weighted by molar-refractivity contribution is -0.137. The van der Waals surface area contributed by atoms with Crippen LogP contribution in [0.25, 0.3) is 10.8 Å². The molecule has 20 heavy (non-hydrogen) atoms. The number of halogens is 3. The van der Waals surface area contributed by atoms with Crippen molar-refractivity contribution >= 4 is 10.8 Å². The van der Waals surface area contributed by atoms with E-state index in [1.165, 1.54) is 22.9 Å². The van der Waals surface area contributed by atoms with Gasteiger partial charge in [0.1, 0.15) is 0 Å². The predicted octanol–water partition coefficient (Wildman–Crippen LogP) is 3.32. The fourth-order valence-corrected chi connectivity index (χ4v) is 1.97. The Labute approximate surface area is 112 Å². The highest BCUT2D eigenvalue weighted by Crippen LogP contribution is 2.30. The summed E-state index contributed by atoms with van der Waals surface area (Å²) in [7, 11) is 0. The number of aromatic nitrogens is 1. The van der Waals surface area contributed by atoms with E-state index in [0.717, 1.165) is 12.1 Å². The van der Waals surface area contributed by atoms with E-state index in [4.69, 9.17) is 5.26 Å². The summed E-state index contributed by atoms with van der Waals surface area (Å²) in [5, 5.41) is 8.96. The molecule has 1 aromatic heterocycles. The lowest BCUT2D eigenvalue weighted by atomic mass is 10.1. The van der Waals surface area contributed by atoms with Crippen molar-refractivity contribution in [1.29, 1.82) is 5.26 Å². The van der Waals surface area contributed by atoms with E-state index >= 15 is 0 Å². The Morgan fingerprint density at radius 2 is 2.00 bits per heavy atom. The average molecular weight is 280 g/mol. The fraction of sp³-hybridized carbons (Fsp3) is 0.286. The van der Waals surface area contributed by atoms with Gasteiger partial charge in [0.05, 0.1) is 11.6 Å². The molecule has 0 saturated heterocycles. The number of alkyl halides is 3. The molecule has 0 radical (unpaired) electrons.